The van der Waals surface area contributed by atoms with E-state index in [0.717, 1.165) is 38.3 Å². The molecule has 1 aliphatic heterocycles. The molecule has 0 aliphatic carbocycles. The second kappa shape index (κ2) is 5.56. The lowest BCUT2D eigenvalue weighted by atomic mass is 10.00. The first-order valence-electron chi connectivity index (χ1n) is 7.78. The summed E-state index contributed by atoms with van der Waals surface area (Å²) in [5.74, 6) is 0.997. The lowest BCUT2D eigenvalue weighted by Crippen LogP contribution is -3.10. The van der Waals surface area contributed by atoms with Crippen LogP contribution in [0.4, 0.5) is 0 Å². The summed E-state index contributed by atoms with van der Waals surface area (Å²) in [7, 11) is 0. The number of rotatable bonds is 4. The van der Waals surface area contributed by atoms with Crippen molar-refractivity contribution in [3.05, 3.63) is 41.2 Å². The fraction of sp³-hybridized carbons (Fsp3) is 0.562. The highest BCUT2D eigenvalue weighted by Crippen LogP contribution is 2.18. The summed E-state index contributed by atoms with van der Waals surface area (Å²) < 4.78 is 2.00. The highest BCUT2D eigenvalue weighted by atomic mass is 15.6. The van der Waals surface area contributed by atoms with Gasteiger partial charge in [0, 0.05) is 12.0 Å². The van der Waals surface area contributed by atoms with E-state index in [1.54, 1.807) is 0 Å². The first-order valence-corrected chi connectivity index (χ1v) is 7.78. The van der Waals surface area contributed by atoms with Gasteiger partial charge in [-0.3, -0.25) is 0 Å². The van der Waals surface area contributed by atoms with E-state index in [-0.39, 0.29) is 5.54 Å². The largest absolute Gasteiger partial charge is 0.324 e. The molecular formula is C16H24N5+. The van der Waals surface area contributed by atoms with E-state index < -0.39 is 0 Å². The van der Waals surface area contributed by atoms with Crippen LogP contribution in [0.2, 0.25) is 0 Å². The maximum atomic E-state index is 4.26. The highest BCUT2D eigenvalue weighted by molar-refractivity contribution is 5.27. The molecule has 2 aromatic rings. The molecule has 2 heterocycles. The molecule has 21 heavy (non-hydrogen) atoms. The Balaban J connectivity index is 1.76. The molecule has 0 spiro atoms. The summed E-state index contributed by atoms with van der Waals surface area (Å²) >= 11 is 0. The minimum atomic E-state index is -0.0219. The van der Waals surface area contributed by atoms with Crippen LogP contribution in [0.1, 0.15) is 44.1 Å². The Morgan fingerprint density at radius 3 is 2.76 bits per heavy atom. The van der Waals surface area contributed by atoms with Gasteiger partial charge in [0.25, 0.3) is 0 Å². The maximum absolute atomic E-state index is 4.26. The van der Waals surface area contributed by atoms with Gasteiger partial charge in [-0.2, -0.15) is 0 Å². The summed E-state index contributed by atoms with van der Waals surface area (Å²) in [6, 6.07) is 8.75. The van der Waals surface area contributed by atoms with Crippen molar-refractivity contribution >= 4 is 0 Å². The third-order valence-corrected chi connectivity index (χ3v) is 4.69. The van der Waals surface area contributed by atoms with Gasteiger partial charge in [-0.05, 0) is 36.3 Å². The number of aromatic nitrogens is 4. The number of benzene rings is 1. The smallest absolute Gasteiger partial charge is 0.206 e. The first kappa shape index (κ1) is 14.2. The summed E-state index contributed by atoms with van der Waals surface area (Å²) in [5, 5.41) is 12.4. The minimum absolute atomic E-state index is 0.0219. The van der Waals surface area contributed by atoms with E-state index >= 15 is 0 Å². The molecule has 1 aromatic heterocycles. The monoisotopic (exact) mass is 286 g/mol. The van der Waals surface area contributed by atoms with Crippen LogP contribution in [0, 0.1) is 0 Å². The molecule has 0 fully saturated rings. The van der Waals surface area contributed by atoms with Crippen LogP contribution in [0.15, 0.2) is 24.3 Å². The predicted octanol–water partition coefficient (Wildman–Crippen LogP) is 0.959. The number of fused-ring (bicyclic) bond motifs is 1. The van der Waals surface area contributed by atoms with E-state index in [4.69, 9.17) is 0 Å². The van der Waals surface area contributed by atoms with Crippen molar-refractivity contribution in [2.75, 3.05) is 6.54 Å². The Morgan fingerprint density at radius 1 is 1.24 bits per heavy atom. The summed E-state index contributed by atoms with van der Waals surface area (Å²) in [6.45, 7) is 9.66. The van der Waals surface area contributed by atoms with Gasteiger partial charge >= 0.3 is 0 Å². The Labute approximate surface area is 126 Å². The van der Waals surface area contributed by atoms with E-state index in [1.165, 1.54) is 16.0 Å². The molecular weight excluding hydrogens is 262 g/mol. The van der Waals surface area contributed by atoms with Gasteiger partial charge in [0.2, 0.25) is 5.82 Å². The van der Waals surface area contributed by atoms with Crippen LogP contribution in [0.5, 0.6) is 0 Å². The van der Waals surface area contributed by atoms with Crippen LogP contribution in [0.25, 0.3) is 0 Å². The molecule has 5 heteroatoms. The van der Waals surface area contributed by atoms with Crippen LogP contribution >= 0.6 is 0 Å². The Bertz CT molecular complexity index is 617. The van der Waals surface area contributed by atoms with E-state index in [1.807, 2.05) is 4.68 Å². The number of nitrogens with one attached hydrogen (secondary N) is 1. The van der Waals surface area contributed by atoms with Gasteiger partial charge in [0.1, 0.15) is 13.1 Å². The third-order valence-electron chi connectivity index (χ3n) is 4.69. The molecule has 1 N–H and O–H groups in total. The molecule has 0 amide bonds. The Hall–Kier alpha value is -1.75. The van der Waals surface area contributed by atoms with Gasteiger partial charge < -0.3 is 4.90 Å². The predicted molar refractivity (Wildman–Crippen MR) is 80.8 cm³/mol. The zero-order valence-electron chi connectivity index (χ0n) is 13.1. The average Bonchev–Trinajstić information content (AvgIpc) is 2.96. The van der Waals surface area contributed by atoms with Gasteiger partial charge in [-0.1, -0.05) is 31.2 Å². The van der Waals surface area contributed by atoms with Gasteiger partial charge in [-0.25, -0.2) is 4.68 Å². The molecule has 1 unspecified atom stereocenters. The molecule has 1 atom stereocenters. The second-order valence-corrected chi connectivity index (χ2v) is 6.55. The van der Waals surface area contributed by atoms with E-state index in [2.05, 4.69) is 60.6 Å². The molecule has 5 nitrogen and oxygen atoms in total. The molecule has 1 aliphatic rings. The molecule has 0 saturated carbocycles. The van der Waals surface area contributed by atoms with Gasteiger partial charge in [0.05, 0.1) is 12.1 Å². The molecule has 112 valence electrons. The normalized spacial score (nSPS) is 18.5. The zero-order chi connectivity index (χ0) is 14.9. The van der Waals surface area contributed by atoms with Gasteiger partial charge in [0.15, 0.2) is 0 Å². The molecule has 0 saturated heterocycles. The lowest BCUT2D eigenvalue weighted by molar-refractivity contribution is -0.930. The average molecular weight is 286 g/mol. The van der Waals surface area contributed by atoms with Crippen LogP contribution < -0.4 is 4.90 Å². The fourth-order valence-corrected chi connectivity index (χ4v) is 2.95. The van der Waals surface area contributed by atoms with Crippen LogP contribution in [0.3, 0.4) is 0 Å². The minimum Gasteiger partial charge on any atom is -0.324 e. The van der Waals surface area contributed by atoms with Crippen molar-refractivity contribution < 1.29 is 4.90 Å². The fourth-order valence-electron chi connectivity index (χ4n) is 2.95. The first-order chi connectivity index (χ1) is 10.1. The topological polar surface area (TPSA) is 48.0 Å². The number of tetrazole rings is 1. The number of quaternary nitrogens is 1. The van der Waals surface area contributed by atoms with Crippen molar-refractivity contribution in [2.24, 2.45) is 0 Å². The lowest BCUT2D eigenvalue weighted by Gasteiger charge is -2.28. The van der Waals surface area contributed by atoms with Crippen molar-refractivity contribution in [3.8, 4) is 0 Å². The Kier molecular flexibility index (Phi) is 3.76. The Morgan fingerprint density at radius 2 is 2.00 bits per heavy atom. The van der Waals surface area contributed by atoms with Crippen molar-refractivity contribution in [2.45, 2.75) is 52.2 Å². The standard InChI is InChI=1S/C16H23N5/c1-4-16(2,3)21-15(17-18-19-21)12-20-10-9-13-7-5-6-8-14(13)11-20/h5-8H,4,9-12H2,1-3H3/p+1. The SMILES string of the molecule is CCC(C)(C)n1nnnc1C[NH+]1CCc2ccccc2C1. The highest BCUT2D eigenvalue weighted by Gasteiger charge is 2.27. The zero-order valence-corrected chi connectivity index (χ0v) is 13.1. The molecule has 1 aromatic carbocycles. The summed E-state index contributed by atoms with van der Waals surface area (Å²) in [6.07, 6.45) is 2.16. The third kappa shape index (κ3) is 2.83. The number of nitrogens with zero attached hydrogens (tertiary/aromatic N) is 4. The maximum Gasteiger partial charge on any atom is 0.206 e. The van der Waals surface area contributed by atoms with Crippen molar-refractivity contribution in [1.29, 1.82) is 0 Å². The summed E-state index contributed by atoms with van der Waals surface area (Å²) in [4.78, 5) is 1.54. The van der Waals surface area contributed by atoms with Crippen LogP contribution in [-0.4, -0.2) is 26.8 Å². The second-order valence-electron chi connectivity index (χ2n) is 6.55. The summed E-state index contributed by atoms with van der Waals surface area (Å²) in [5.41, 5.74) is 2.94. The molecule has 3 rings (SSSR count). The van der Waals surface area contributed by atoms with Crippen LogP contribution in [-0.2, 0) is 25.0 Å². The van der Waals surface area contributed by atoms with E-state index in [0.29, 0.717) is 0 Å². The van der Waals surface area contributed by atoms with Crippen molar-refractivity contribution in [3.63, 3.8) is 0 Å². The number of hydrogen-bond donors (Lipinski definition) is 1. The number of hydrogen-bond acceptors (Lipinski definition) is 3. The molecule has 0 radical (unpaired) electrons. The van der Waals surface area contributed by atoms with Gasteiger partial charge in [-0.15, -0.1) is 5.10 Å². The van der Waals surface area contributed by atoms with Crippen molar-refractivity contribution in [1.82, 2.24) is 20.2 Å². The van der Waals surface area contributed by atoms with E-state index in [9.17, 15) is 0 Å². The quantitative estimate of drug-likeness (QED) is 0.911. The molecule has 0 bridgehead atoms.